The highest BCUT2D eigenvalue weighted by atomic mass is 15.0. The van der Waals surface area contributed by atoms with Gasteiger partial charge in [0.15, 0.2) is 0 Å². The van der Waals surface area contributed by atoms with E-state index in [-0.39, 0.29) is 0 Å². The average Bonchev–Trinajstić information content (AvgIpc) is 2.64. The number of hydrogen-bond acceptors (Lipinski definition) is 1. The molecule has 0 radical (unpaired) electrons. The van der Waals surface area contributed by atoms with Gasteiger partial charge in [-0.15, -0.1) is 0 Å². The van der Waals surface area contributed by atoms with Crippen LogP contribution in [0.3, 0.4) is 0 Å². The molecular formula is C22H22N2. The fraction of sp³-hybridized carbons (Fsp3) is 0.136. The van der Waals surface area contributed by atoms with Gasteiger partial charge < -0.3 is 5.32 Å². The molecule has 0 aliphatic rings. The van der Waals surface area contributed by atoms with Crippen molar-refractivity contribution in [1.29, 1.82) is 0 Å². The Bertz CT molecular complexity index is 775. The smallest absolute Gasteiger partial charge is 0.128 e. The highest BCUT2D eigenvalue weighted by Crippen LogP contribution is 2.07. The second kappa shape index (κ2) is 8.11. The van der Waals surface area contributed by atoms with Gasteiger partial charge in [0.2, 0.25) is 0 Å². The van der Waals surface area contributed by atoms with Crippen molar-refractivity contribution in [3.8, 4) is 0 Å². The van der Waals surface area contributed by atoms with Crippen molar-refractivity contribution < 1.29 is 0 Å². The largest absolute Gasteiger partial charge is 0.366 e. The lowest BCUT2D eigenvalue weighted by molar-refractivity contribution is 0.896. The zero-order valence-corrected chi connectivity index (χ0v) is 13.9. The summed E-state index contributed by atoms with van der Waals surface area (Å²) in [5, 5.41) is 3.49. The van der Waals surface area contributed by atoms with E-state index in [1.165, 1.54) is 16.7 Å². The average molecular weight is 314 g/mol. The van der Waals surface area contributed by atoms with Gasteiger partial charge in [-0.1, -0.05) is 90.5 Å². The topological polar surface area (TPSA) is 24.4 Å². The zero-order valence-electron chi connectivity index (χ0n) is 13.9. The van der Waals surface area contributed by atoms with Gasteiger partial charge in [-0.05, 0) is 18.1 Å². The molecule has 0 aliphatic carbocycles. The molecule has 0 aliphatic heterocycles. The van der Waals surface area contributed by atoms with Gasteiger partial charge in [-0.25, -0.2) is 0 Å². The minimum atomic E-state index is 0.672. The molecule has 0 spiro atoms. The lowest BCUT2D eigenvalue weighted by Gasteiger charge is -2.11. The molecule has 3 rings (SSSR count). The van der Waals surface area contributed by atoms with Crippen LogP contribution >= 0.6 is 0 Å². The molecule has 0 heterocycles. The van der Waals surface area contributed by atoms with Crippen LogP contribution in [0.25, 0.3) is 0 Å². The van der Waals surface area contributed by atoms with Crippen molar-refractivity contribution in [3.63, 3.8) is 0 Å². The first-order valence-electron chi connectivity index (χ1n) is 8.24. The van der Waals surface area contributed by atoms with Crippen molar-refractivity contribution in [2.45, 2.75) is 20.0 Å². The molecule has 120 valence electrons. The molecule has 24 heavy (non-hydrogen) atoms. The van der Waals surface area contributed by atoms with E-state index in [0.29, 0.717) is 6.54 Å². The van der Waals surface area contributed by atoms with Crippen LogP contribution in [0.15, 0.2) is 89.9 Å². The summed E-state index contributed by atoms with van der Waals surface area (Å²) in [6.45, 7) is 3.54. The molecule has 1 N–H and O–H groups in total. The predicted octanol–water partition coefficient (Wildman–Crippen LogP) is 4.73. The van der Waals surface area contributed by atoms with Crippen LogP contribution in [0.5, 0.6) is 0 Å². The van der Waals surface area contributed by atoms with Crippen molar-refractivity contribution in [2.75, 3.05) is 0 Å². The minimum absolute atomic E-state index is 0.672. The number of amidine groups is 1. The molecule has 3 aromatic carbocycles. The van der Waals surface area contributed by atoms with Crippen molar-refractivity contribution in [2.24, 2.45) is 4.99 Å². The number of benzene rings is 3. The number of rotatable bonds is 5. The Labute approximate surface area is 143 Å². The summed E-state index contributed by atoms with van der Waals surface area (Å²) < 4.78 is 0. The van der Waals surface area contributed by atoms with Gasteiger partial charge in [0.05, 0.1) is 6.54 Å². The van der Waals surface area contributed by atoms with Crippen LogP contribution in [0.4, 0.5) is 0 Å². The van der Waals surface area contributed by atoms with Crippen LogP contribution < -0.4 is 5.32 Å². The molecule has 0 saturated heterocycles. The molecule has 0 amide bonds. The summed E-state index contributed by atoms with van der Waals surface area (Å²) in [5.74, 6) is 0.933. The van der Waals surface area contributed by atoms with Crippen LogP contribution in [-0.2, 0) is 13.1 Å². The van der Waals surface area contributed by atoms with E-state index >= 15 is 0 Å². The van der Waals surface area contributed by atoms with E-state index in [1.807, 2.05) is 24.3 Å². The molecule has 0 saturated carbocycles. The van der Waals surface area contributed by atoms with Crippen molar-refractivity contribution in [3.05, 3.63) is 107 Å². The Balaban J connectivity index is 1.78. The van der Waals surface area contributed by atoms with Crippen molar-refractivity contribution >= 4 is 5.84 Å². The van der Waals surface area contributed by atoms with Gasteiger partial charge in [0.1, 0.15) is 5.84 Å². The van der Waals surface area contributed by atoms with E-state index in [1.54, 1.807) is 0 Å². The first-order chi connectivity index (χ1) is 11.8. The molecule has 0 atom stereocenters. The Hall–Kier alpha value is -2.87. The molecular weight excluding hydrogens is 292 g/mol. The molecule has 0 fully saturated rings. The number of aryl methyl sites for hydroxylation is 1. The first kappa shape index (κ1) is 16.0. The fourth-order valence-corrected chi connectivity index (χ4v) is 2.50. The van der Waals surface area contributed by atoms with Crippen LogP contribution in [-0.4, -0.2) is 5.84 Å². The van der Waals surface area contributed by atoms with E-state index in [0.717, 1.165) is 17.9 Å². The molecule has 3 aromatic rings. The van der Waals surface area contributed by atoms with Gasteiger partial charge >= 0.3 is 0 Å². The van der Waals surface area contributed by atoms with Crippen molar-refractivity contribution in [1.82, 2.24) is 5.32 Å². The van der Waals surface area contributed by atoms with Crippen LogP contribution in [0.1, 0.15) is 22.3 Å². The Morgan fingerprint density at radius 3 is 1.96 bits per heavy atom. The molecule has 0 bridgehead atoms. The summed E-state index contributed by atoms with van der Waals surface area (Å²) >= 11 is 0. The third-order valence-electron chi connectivity index (χ3n) is 3.89. The quantitative estimate of drug-likeness (QED) is 0.534. The lowest BCUT2D eigenvalue weighted by atomic mass is 10.1. The van der Waals surface area contributed by atoms with Gasteiger partial charge in [0, 0.05) is 12.1 Å². The number of nitrogens with zero attached hydrogens (tertiary/aromatic N) is 1. The molecule has 2 nitrogen and oxygen atoms in total. The normalized spacial score (nSPS) is 11.3. The highest BCUT2D eigenvalue weighted by Gasteiger charge is 2.03. The standard InChI is InChI=1S/C22H22N2/c1-18-12-14-21(15-13-18)22(23-16-19-8-4-2-5-9-19)24-17-20-10-6-3-7-11-20/h2-15H,16-17H2,1H3,(H,23,24). The van der Waals surface area contributed by atoms with Gasteiger partial charge in [-0.3, -0.25) is 4.99 Å². The maximum absolute atomic E-state index is 4.81. The third-order valence-corrected chi connectivity index (χ3v) is 3.89. The second-order valence-electron chi connectivity index (χ2n) is 5.86. The number of hydrogen-bond donors (Lipinski definition) is 1. The Morgan fingerprint density at radius 1 is 0.750 bits per heavy atom. The summed E-state index contributed by atoms with van der Waals surface area (Å²) in [6, 6.07) is 29.2. The summed E-state index contributed by atoms with van der Waals surface area (Å²) in [7, 11) is 0. The second-order valence-corrected chi connectivity index (χ2v) is 5.86. The summed E-state index contributed by atoms with van der Waals surface area (Å²) in [4.78, 5) is 4.81. The zero-order chi connectivity index (χ0) is 16.6. The van der Waals surface area contributed by atoms with Gasteiger partial charge in [0.25, 0.3) is 0 Å². The van der Waals surface area contributed by atoms with Gasteiger partial charge in [-0.2, -0.15) is 0 Å². The lowest BCUT2D eigenvalue weighted by Crippen LogP contribution is -2.24. The SMILES string of the molecule is Cc1ccc(C(=NCc2ccccc2)NCc2ccccc2)cc1. The summed E-state index contributed by atoms with van der Waals surface area (Å²) in [6.07, 6.45) is 0. The maximum atomic E-state index is 4.81. The fourth-order valence-electron chi connectivity index (χ4n) is 2.50. The number of nitrogens with one attached hydrogen (secondary N) is 1. The summed E-state index contributed by atoms with van der Waals surface area (Å²) in [5.41, 5.74) is 4.83. The molecule has 2 heteroatoms. The van der Waals surface area contributed by atoms with E-state index < -0.39 is 0 Å². The highest BCUT2D eigenvalue weighted by molar-refractivity contribution is 5.98. The maximum Gasteiger partial charge on any atom is 0.128 e. The third kappa shape index (κ3) is 4.56. The molecule has 0 aromatic heterocycles. The van der Waals surface area contributed by atoms with Crippen LogP contribution in [0, 0.1) is 6.92 Å². The first-order valence-corrected chi connectivity index (χ1v) is 8.24. The van der Waals surface area contributed by atoms with E-state index in [2.05, 4.69) is 72.9 Å². The monoisotopic (exact) mass is 314 g/mol. The van der Waals surface area contributed by atoms with E-state index in [4.69, 9.17) is 4.99 Å². The number of aliphatic imine (C=N–C) groups is 1. The minimum Gasteiger partial charge on any atom is -0.366 e. The molecule has 0 unspecified atom stereocenters. The Kier molecular flexibility index (Phi) is 5.41. The van der Waals surface area contributed by atoms with E-state index in [9.17, 15) is 0 Å². The van der Waals surface area contributed by atoms with Crippen LogP contribution in [0.2, 0.25) is 0 Å². The predicted molar refractivity (Wildman–Crippen MR) is 101 cm³/mol. The Morgan fingerprint density at radius 2 is 1.33 bits per heavy atom.